The predicted octanol–water partition coefficient (Wildman–Crippen LogP) is 16.2. The van der Waals surface area contributed by atoms with Crippen molar-refractivity contribution in [1.29, 1.82) is 0 Å². The van der Waals surface area contributed by atoms with Crippen molar-refractivity contribution in [2.45, 2.75) is 5.41 Å². The average Bonchev–Trinajstić information content (AvgIpc) is 3.88. The second-order valence-corrected chi connectivity index (χ2v) is 17.9. The fraction of sp³-hybridized carbons (Fsp3) is 0.0169. The highest BCUT2D eigenvalue weighted by Crippen LogP contribution is 2.62. The van der Waals surface area contributed by atoms with Crippen LogP contribution in [0.2, 0.25) is 0 Å². The molecular formula is C59H36N2OS. The van der Waals surface area contributed by atoms with Gasteiger partial charge in [-0.25, -0.2) is 0 Å². The van der Waals surface area contributed by atoms with Crippen molar-refractivity contribution < 1.29 is 4.74 Å². The third-order valence-electron chi connectivity index (χ3n) is 13.6. The molecule has 12 aromatic rings. The Kier molecular flexibility index (Phi) is 7.20. The molecule has 3 heterocycles. The lowest BCUT2D eigenvalue weighted by Gasteiger charge is -2.45. The molecular weight excluding hydrogens is 785 g/mol. The quantitative estimate of drug-likeness (QED) is 0.176. The highest BCUT2D eigenvalue weighted by Gasteiger charge is 2.49. The van der Waals surface area contributed by atoms with Crippen LogP contribution in [0, 0.1) is 0 Å². The monoisotopic (exact) mass is 820 g/mol. The van der Waals surface area contributed by atoms with Gasteiger partial charge in [-0.15, -0.1) is 11.3 Å². The van der Waals surface area contributed by atoms with Gasteiger partial charge in [0.25, 0.3) is 0 Å². The summed E-state index contributed by atoms with van der Waals surface area (Å²) in [6, 6.07) is 80.4. The van der Waals surface area contributed by atoms with E-state index in [4.69, 9.17) is 4.74 Å². The first-order valence-electron chi connectivity index (χ1n) is 21.6. The van der Waals surface area contributed by atoms with Gasteiger partial charge in [-0.3, -0.25) is 0 Å². The number of anilines is 3. The van der Waals surface area contributed by atoms with Gasteiger partial charge in [-0.1, -0.05) is 140 Å². The molecule has 14 rings (SSSR count). The molecule has 0 fully saturated rings. The van der Waals surface area contributed by atoms with Gasteiger partial charge in [0.2, 0.25) is 0 Å². The maximum atomic E-state index is 6.78. The molecule has 0 radical (unpaired) electrons. The molecule has 0 atom stereocenters. The minimum atomic E-state index is -0.654. The van der Waals surface area contributed by atoms with Crippen molar-refractivity contribution in [3.63, 3.8) is 0 Å². The van der Waals surface area contributed by atoms with Crippen LogP contribution in [0.25, 0.3) is 69.6 Å². The third kappa shape index (κ3) is 4.79. The SMILES string of the molecule is c1ccc(-n2c3ccccc3c3cc(N(c4ccc5c(c4)C4(c6ccccc6Oc6ccccc64)c4cccc6cccc-5c46)c4ccc5c(c4)sc4ccccc45)ccc32)cc1. The number of thiophene rings is 1. The summed E-state index contributed by atoms with van der Waals surface area (Å²) in [6.07, 6.45) is 0. The van der Waals surface area contributed by atoms with Crippen molar-refractivity contribution in [3.8, 4) is 28.3 Å². The molecule has 1 aliphatic carbocycles. The number of aromatic nitrogens is 1. The Bertz CT molecular complexity index is 3810. The zero-order chi connectivity index (χ0) is 41.2. The lowest BCUT2D eigenvalue weighted by Crippen LogP contribution is -2.36. The second kappa shape index (κ2) is 13.0. The summed E-state index contributed by atoms with van der Waals surface area (Å²) in [7, 11) is 0. The molecule has 3 nitrogen and oxygen atoms in total. The Morgan fingerprint density at radius 1 is 0.397 bits per heavy atom. The molecule has 0 bridgehead atoms. The van der Waals surface area contributed by atoms with Gasteiger partial charge >= 0.3 is 0 Å². The van der Waals surface area contributed by atoms with Gasteiger partial charge in [0.05, 0.1) is 16.4 Å². The molecule has 0 saturated heterocycles. The Morgan fingerprint density at radius 2 is 1.02 bits per heavy atom. The van der Waals surface area contributed by atoms with E-state index in [9.17, 15) is 0 Å². The third-order valence-corrected chi connectivity index (χ3v) is 14.7. The van der Waals surface area contributed by atoms with E-state index in [-0.39, 0.29) is 0 Å². The molecule has 63 heavy (non-hydrogen) atoms. The first-order valence-corrected chi connectivity index (χ1v) is 22.4. The van der Waals surface area contributed by atoms with E-state index >= 15 is 0 Å². The summed E-state index contributed by atoms with van der Waals surface area (Å²) < 4.78 is 11.7. The van der Waals surface area contributed by atoms with Crippen molar-refractivity contribution in [2.75, 3.05) is 4.90 Å². The molecule has 0 N–H and O–H groups in total. The number of para-hydroxylation sites is 4. The van der Waals surface area contributed by atoms with Crippen LogP contribution < -0.4 is 9.64 Å². The van der Waals surface area contributed by atoms with Gasteiger partial charge in [0.15, 0.2) is 0 Å². The Morgan fingerprint density at radius 3 is 1.86 bits per heavy atom. The topological polar surface area (TPSA) is 17.4 Å². The zero-order valence-corrected chi connectivity index (χ0v) is 34.8. The largest absolute Gasteiger partial charge is 0.457 e. The van der Waals surface area contributed by atoms with Crippen LogP contribution in [0.3, 0.4) is 0 Å². The van der Waals surface area contributed by atoms with Crippen molar-refractivity contribution >= 4 is 81.1 Å². The standard InChI is InChI=1S/C59H36N2OS/c1-2-16-38(17-3-1)61-52-24-8-4-18-43(52)47-34-39(30-33-53(47)61)60(41-29-32-45-44-19-5-11-27-56(44)63-57(45)36-41)40-28-31-42-46-20-12-14-37-15-13-23-50(58(37)46)59(51(42)35-40)48-21-6-9-25-54(48)62-55-26-10-7-22-49(55)59/h1-36H. The molecule has 0 amide bonds. The summed E-state index contributed by atoms with van der Waals surface area (Å²) in [5.74, 6) is 1.77. The van der Waals surface area contributed by atoms with Gasteiger partial charge in [-0.05, 0) is 112 Å². The molecule has 4 heteroatoms. The van der Waals surface area contributed by atoms with Gasteiger partial charge in [-0.2, -0.15) is 0 Å². The van der Waals surface area contributed by atoms with Crippen molar-refractivity contribution in [1.82, 2.24) is 4.57 Å². The van der Waals surface area contributed by atoms with Crippen LogP contribution in [0.4, 0.5) is 17.1 Å². The number of hydrogen-bond donors (Lipinski definition) is 0. The van der Waals surface area contributed by atoms with E-state index in [1.807, 2.05) is 11.3 Å². The Balaban J connectivity index is 1.08. The normalized spacial score (nSPS) is 13.3. The van der Waals surface area contributed by atoms with Crippen LogP contribution in [0.5, 0.6) is 11.5 Å². The Hall–Kier alpha value is -7.92. The molecule has 1 aliphatic heterocycles. The van der Waals surface area contributed by atoms with Crippen LogP contribution in [-0.4, -0.2) is 4.57 Å². The summed E-state index contributed by atoms with van der Waals surface area (Å²) in [5.41, 5.74) is 13.5. The lowest BCUT2D eigenvalue weighted by atomic mass is 9.58. The number of hydrogen-bond acceptors (Lipinski definition) is 3. The molecule has 2 aliphatic rings. The molecule has 1 spiro atoms. The molecule has 0 saturated carbocycles. The fourth-order valence-electron chi connectivity index (χ4n) is 11.1. The van der Waals surface area contributed by atoms with Crippen molar-refractivity contribution in [3.05, 3.63) is 241 Å². The van der Waals surface area contributed by atoms with Gasteiger partial charge in [0.1, 0.15) is 11.5 Å². The number of benzene rings is 10. The smallest absolute Gasteiger partial charge is 0.132 e. The summed E-state index contributed by atoms with van der Waals surface area (Å²) in [6.45, 7) is 0. The maximum absolute atomic E-state index is 6.78. The zero-order valence-electron chi connectivity index (χ0n) is 34.0. The maximum Gasteiger partial charge on any atom is 0.132 e. The summed E-state index contributed by atoms with van der Waals surface area (Å²) >= 11 is 1.86. The second-order valence-electron chi connectivity index (χ2n) is 16.8. The van der Waals surface area contributed by atoms with E-state index in [0.29, 0.717) is 0 Å². The first kappa shape index (κ1) is 34.8. The lowest BCUT2D eigenvalue weighted by molar-refractivity contribution is 0.435. The van der Waals surface area contributed by atoms with E-state index in [0.717, 1.165) is 45.4 Å². The molecule has 10 aromatic carbocycles. The van der Waals surface area contributed by atoms with E-state index in [2.05, 4.69) is 228 Å². The van der Waals surface area contributed by atoms with Crippen LogP contribution in [-0.2, 0) is 5.41 Å². The predicted molar refractivity (Wildman–Crippen MR) is 263 cm³/mol. The number of ether oxygens (including phenoxy) is 1. The highest BCUT2D eigenvalue weighted by molar-refractivity contribution is 7.25. The van der Waals surface area contributed by atoms with E-state index in [1.54, 1.807) is 0 Å². The number of fused-ring (bicyclic) bond motifs is 14. The number of nitrogens with zero attached hydrogens (tertiary/aromatic N) is 2. The minimum absolute atomic E-state index is 0.654. The van der Waals surface area contributed by atoms with Crippen LogP contribution in [0.15, 0.2) is 218 Å². The van der Waals surface area contributed by atoms with Crippen molar-refractivity contribution in [2.24, 2.45) is 0 Å². The fourth-order valence-corrected chi connectivity index (χ4v) is 12.2. The first-order chi connectivity index (χ1) is 31.2. The molecule has 294 valence electrons. The van der Waals surface area contributed by atoms with Gasteiger partial charge in [0, 0.05) is 64.8 Å². The van der Waals surface area contributed by atoms with Gasteiger partial charge < -0.3 is 14.2 Å². The number of rotatable bonds is 4. The average molecular weight is 821 g/mol. The highest BCUT2D eigenvalue weighted by atomic mass is 32.1. The Labute approximate surface area is 367 Å². The summed E-state index contributed by atoms with van der Waals surface area (Å²) in [5, 5.41) is 7.54. The summed E-state index contributed by atoms with van der Waals surface area (Å²) in [4.78, 5) is 2.48. The van der Waals surface area contributed by atoms with E-state index < -0.39 is 5.41 Å². The molecule has 0 unspecified atom stereocenters. The molecule has 2 aromatic heterocycles. The van der Waals surface area contributed by atoms with Crippen LogP contribution >= 0.6 is 11.3 Å². The minimum Gasteiger partial charge on any atom is -0.457 e. The van der Waals surface area contributed by atoms with E-state index in [1.165, 1.54) is 75.0 Å². The van der Waals surface area contributed by atoms with Crippen LogP contribution in [0.1, 0.15) is 22.3 Å².